The first-order valence-corrected chi connectivity index (χ1v) is 7.71. The molecule has 7 heteroatoms. The van der Waals surface area contributed by atoms with Gasteiger partial charge in [0.05, 0.1) is 25.2 Å². The summed E-state index contributed by atoms with van der Waals surface area (Å²) in [6.07, 6.45) is 1.19. The Morgan fingerprint density at radius 2 is 1.91 bits per heavy atom. The number of carbonyl (C=O) groups excluding carboxylic acids is 2. The number of carbonyl (C=O) groups is 2. The molecule has 2 heterocycles. The van der Waals surface area contributed by atoms with Crippen LogP contribution in [0.15, 0.2) is 0 Å². The van der Waals surface area contributed by atoms with Gasteiger partial charge in [0.2, 0.25) is 5.67 Å². The second-order valence-corrected chi connectivity index (χ2v) is 7.66. The summed E-state index contributed by atoms with van der Waals surface area (Å²) in [5.41, 5.74) is -3.70. The lowest BCUT2D eigenvalue weighted by atomic mass is 9.73. The van der Waals surface area contributed by atoms with E-state index in [9.17, 15) is 9.59 Å². The Morgan fingerprint density at radius 1 is 1.27 bits per heavy atom. The fraction of sp³-hybridized carbons (Fsp3) is 0.867. The van der Waals surface area contributed by atoms with Crippen molar-refractivity contribution in [3.63, 3.8) is 0 Å². The number of rotatable bonds is 2. The number of alkyl halides is 1. The molecule has 0 unspecified atom stereocenters. The molecule has 0 aromatic carbocycles. The first kappa shape index (κ1) is 15.5. The minimum absolute atomic E-state index is 0.0775. The van der Waals surface area contributed by atoms with E-state index in [1.54, 1.807) is 20.8 Å². The smallest absolute Gasteiger partial charge is 0.410 e. The van der Waals surface area contributed by atoms with Crippen LogP contribution in [0.2, 0.25) is 0 Å². The second kappa shape index (κ2) is 4.81. The third-order valence-electron chi connectivity index (χ3n) is 4.42. The van der Waals surface area contributed by atoms with E-state index in [0.717, 1.165) is 12.8 Å². The Balaban J connectivity index is 1.75. The first-order valence-electron chi connectivity index (χ1n) is 7.71. The number of amides is 2. The lowest BCUT2D eigenvalue weighted by molar-refractivity contribution is -0.180. The van der Waals surface area contributed by atoms with Gasteiger partial charge >= 0.3 is 6.09 Å². The third kappa shape index (κ3) is 2.55. The molecule has 0 bridgehead atoms. The summed E-state index contributed by atoms with van der Waals surface area (Å²) >= 11 is 0. The molecule has 1 N–H and O–H groups in total. The van der Waals surface area contributed by atoms with E-state index in [0.29, 0.717) is 0 Å². The third-order valence-corrected chi connectivity index (χ3v) is 4.42. The Labute approximate surface area is 129 Å². The zero-order valence-corrected chi connectivity index (χ0v) is 13.3. The molecular formula is C15H23FN2O4. The van der Waals surface area contributed by atoms with Crippen molar-refractivity contribution in [3.8, 4) is 0 Å². The van der Waals surface area contributed by atoms with E-state index in [-0.39, 0.29) is 32.3 Å². The van der Waals surface area contributed by atoms with Crippen molar-refractivity contribution >= 4 is 12.0 Å². The van der Waals surface area contributed by atoms with Gasteiger partial charge < -0.3 is 19.7 Å². The predicted octanol–water partition coefficient (Wildman–Crippen LogP) is 1.24. The largest absolute Gasteiger partial charge is 0.444 e. The average Bonchev–Trinajstić information content (AvgIpc) is 3.06. The predicted molar refractivity (Wildman–Crippen MR) is 76.1 cm³/mol. The summed E-state index contributed by atoms with van der Waals surface area (Å²) in [5, 5.41) is 2.72. The van der Waals surface area contributed by atoms with E-state index in [2.05, 4.69) is 5.32 Å². The van der Waals surface area contributed by atoms with Crippen LogP contribution in [-0.4, -0.2) is 60.5 Å². The van der Waals surface area contributed by atoms with Crippen molar-refractivity contribution in [2.75, 3.05) is 26.3 Å². The quantitative estimate of drug-likeness (QED) is 0.833. The molecule has 1 spiro atoms. The Morgan fingerprint density at radius 3 is 2.36 bits per heavy atom. The molecule has 1 aliphatic carbocycles. The number of hydrogen-bond donors (Lipinski definition) is 1. The summed E-state index contributed by atoms with van der Waals surface area (Å²) in [6, 6.07) is 0.0775. The maximum absolute atomic E-state index is 15.5. The van der Waals surface area contributed by atoms with E-state index in [4.69, 9.17) is 9.47 Å². The number of nitrogens with zero attached hydrogens (tertiary/aromatic N) is 1. The van der Waals surface area contributed by atoms with Crippen LogP contribution in [0, 0.1) is 5.41 Å². The van der Waals surface area contributed by atoms with Crippen LogP contribution in [0.1, 0.15) is 33.6 Å². The zero-order valence-electron chi connectivity index (χ0n) is 13.3. The molecule has 0 aromatic heterocycles. The lowest BCUT2D eigenvalue weighted by Gasteiger charge is -2.44. The van der Waals surface area contributed by atoms with Crippen molar-refractivity contribution in [1.82, 2.24) is 10.2 Å². The van der Waals surface area contributed by atoms with Gasteiger partial charge in [0.1, 0.15) is 5.60 Å². The van der Waals surface area contributed by atoms with Gasteiger partial charge in [-0.3, -0.25) is 4.79 Å². The van der Waals surface area contributed by atoms with Crippen LogP contribution in [0.5, 0.6) is 0 Å². The molecule has 0 aromatic rings. The van der Waals surface area contributed by atoms with Gasteiger partial charge in [-0.1, -0.05) is 0 Å². The molecule has 3 rings (SSSR count). The highest BCUT2D eigenvalue weighted by atomic mass is 19.1. The van der Waals surface area contributed by atoms with Crippen LogP contribution in [0.3, 0.4) is 0 Å². The van der Waals surface area contributed by atoms with Crippen LogP contribution >= 0.6 is 0 Å². The van der Waals surface area contributed by atoms with Gasteiger partial charge in [0.15, 0.2) is 0 Å². The van der Waals surface area contributed by atoms with E-state index >= 15 is 4.39 Å². The molecule has 1 saturated carbocycles. The second-order valence-electron chi connectivity index (χ2n) is 7.66. The zero-order chi connectivity index (χ0) is 16.2. The maximum atomic E-state index is 15.5. The van der Waals surface area contributed by atoms with Gasteiger partial charge in [0, 0.05) is 12.6 Å². The van der Waals surface area contributed by atoms with Gasteiger partial charge in [-0.25, -0.2) is 9.18 Å². The number of ether oxygens (including phenoxy) is 2. The minimum atomic E-state index is -2.11. The Bertz CT molecular complexity index is 496. The molecule has 2 saturated heterocycles. The summed E-state index contributed by atoms with van der Waals surface area (Å²) in [7, 11) is 0. The van der Waals surface area contributed by atoms with Crippen LogP contribution in [0.25, 0.3) is 0 Å². The van der Waals surface area contributed by atoms with Crippen molar-refractivity contribution in [1.29, 1.82) is 0 Å². The molecular weight excluding hydrogens is 291 g/mol. The van der Waals surface area contributed by atoms with Crippen molar-refractivity contribution in [2.45, 2.75) is 50.9 Å². The number of halogens is 1. The highest BCUT2D eigenvalue weighted by molar-refractivity contribution is 5.89. The first-order chi connectivity index (χ1) is 10.2. The van der Waals surface area contributed by atoms with Crippen molar-refractivity contribution in [3.05, 3.63) is 0 Å². The molecule has 124 valence electrons. The Kier molecular flexibility index (Phi) is 3.39. The van der Waals surface area contributed by atoms with Gasteiger partial charge in [-0.2, -0.15) is 0 Å². The fourth-order valence-corrected chi connectivity index (χ4v) is 2.94. The Hall–Kier alpha value is -1.37. The molecule has 6 nitrogen and oxygen atoms in total. The van der Waals surface area contributed by atoms with Crippen LogP contribution in [-0.2, 0) is 14.3 Å². The minimum Gasteiger partial charge on any atom is -0.444 e. The molecule has 3 aliphatic rings. The van der Waals surface area contributed by atoms with Crippen molar-refractivity contribution in [2.24, 2.45) is 5.41 Å². The molecule has 22 heavy (non-hydrogen) atoms. The van der Waals surface area contributed by atoms with E-state index < -0.39 is 28.7 Å². The number of hydrogen-bond acceptors (Lipinski definition) is 4. The summed E-state index contributed by atoms with van der Waals surface area (Å²) in [4.78, 5) is 25.8. The standard InChI is InChI=1S/C15H23FN2O4/c1-13(2,3)22-12(20)18-6-14(8-21-9-14)15(16,7-18)11(19)17-10-4-5-10/h10H,4-9H2,1-3H3,(H,17,19)/t15-/m1/s1. The average molecular weight is 314 g/mol. The molecule has 0 radical (unpaired) electrons. The van der Waals surface area contributed by atoms with Gasteiger partial charge in [0.25, 0.3) is 5.91 Å². The summed E-state index contributed by atoms with van der Waals surface area (Å²) in [6.45, 7) is 5.45. The molecule has 3 fully saturated rings. The highest BCUT2D eigenvalue weighted by Gasteiger charge is 2.68. The van der Waals surface area contributed by atoms with Crippen molar-refractivity contribution < 1.29 is 23.5 Å². The van der Waals surface area contributed by atoms with Crippen LogP contribution < -0.4 is 5.32 Å². The molecule has 2 amide bonds. The molecule has 1 atom stereocenters. The number of likely N-dealkylation sites (tertiary alicyclic amines) is 1. The van der Waals surface area contributed by atoms with E-state index in [1.807, 2.05) is 0 Å². The highest BCUT2D eigenvalue weighted by Crippen LogP contribution is 2.48. The van der Waals surface area contributed by atoms with E-state index in [1.165, 1.54) is 4.90 Å². The summed E-state index contributed by atoms with van der Waals surface area (Å²) < 4.78 is 26.0. The maximum Gasteiger partial charge on any atom is 0.410 e. The fourth-order valence-electron chi connectivity index (χ4n) is 2.94. The number of nitrogens with one attached hydrogen (secondary N) is 1. The SMILES string of the molecule is CC(C)(C)OC(=O)N1CC2(COC2)[C@](F)(C(=O)NC2CC2)C1. The van der Waals surface area contributed by atoms with Gasteiger partial charge in [-0.15, -0.1) is 0 Å². The monoisotopic (exact) mass is 314 g/mol. The van der Waals surface area contributed by atoms with Gasteiger partial charge in [-0.05, 0) is 33.6 Å². The van der Waals surface area contributed by atoms with Crippen LogP contribution in [0.4, 0.5) is 9.18 Å². The summed E-state index contributed by atoms with van der Waals surface area (Å²) in [5.74, 6) is -0.621. The lowest BCUT2D eigenvalue weighted by Crippen LogP contribution is -2.63. The normalized spacial score (nSPS) is 30.1. The topological polar surface area (TPSA) is 67.9 Å². The molecule has 2 aliphatic heterocycles.